The summed E-state index contributed by atoms with van der Waals surface area (Å²) in [4.78, 5) is 0. The van der Waals surface area contributed by atoms with Crippen LogP contribution in [0.2, 0.25) is 5.02 Å². The lowest BCUT2D eigenvalue weighted by molar-refractivity contribution is 0.912. The third kappa shape index (κ3) is 1.14. The van der Waals surface area contributed by atoms with E-state index >= 15 is 0 Å². The molecule has 1 aromatic carbocycles. The Bertz CT molecular complexity index is 336. The molecule has 64 valence electrons. The van der Waals surface area contributed by atoms with Crippen LogP contribution in [0.25, 0.3) is 0 Å². The third-order valence-electron chi connectivity index (χ3n) is 2.34. The van der Waals surface area contributed by atoms with Gasteiger partial charge in [0.25, 0.3) is 0 Å². The molecule has 1 nitrogen and oxygen atoms in total. The highest BCUT2D eigenvalue weighted by Gasteiger charge is 2.18. The molecule has 0 radical (unpaired) electrons. The number of halogens is 2. The fourth-order valence-corrected chi connectivity index (χ4v) is 2.64. The Morgan fingerprint density at radius 1 is 1.33 bits per heavy atom. The summed E-state index contributed by atoms with van der Waals surface area (Å²) in [7, 11) is 0. The van der Waals surface area contributed by atoms with Gasteiger partial charge in [-0.2, -0.15) is 0 Å². The number of fused-ring (bicyclic) bond motifs is 1. The third-order valence-corrected chi connectivity index (χ3v) is 3.34. The van der Waals surface area contributed by atoms with Crippen LogP contribution >= 0.6 is 27.5 Å². The standard InChI is InChI=1S/C9H9BrClN/c10-7-4-8(11)5-2-1-3-6(5)9(7)12/h4H,1-3,12H2. The van der Waals surface area contributed by atoms with Gasteiger partial charge < -0.3 is 5.73 Å². The smallest absolute Gasteiger partial charge is 0.0494 e. The van der Waals surface area contributed by atoms with E-state index in [0.717, 1.165) is 28.0 Å². The van der Waals surface area contributed by atoms with E-state index in [1.54, 1.807) is 0 Å². The molecule has 0 unspecified atom stereocenters. The van der Waals surface area contributed by atoms with Gasteiger partial charge in [-0.15, -0.1) is 0 Å². The first kappa shape index (κ1) is 8.39. The molecule has 0 saturated carbocycles. The second kappa shape index (κ2) is 2.93. The maximum Gasteiger partial charge on any atom is 0.0494 e. The zero-order valence-electron chi connectivity index (χ0n) is 6.53. The van der Waals surface area contributed by atoms with Crippen molar-refractivity contribution in [2.45, 2.75) is 19.3 Å². The average molecular weight is 247 g/mol. The Balaban J connectivity index is 2.69. The summed E-state index contributed by atoms with van der Waals surface area (Å²) in [6.07, 6.45) is 3.32. The summed E-state index contributed by atoms with van der Waals surface area (Å²) >= 11 is 9.45. The minimum absolute atomic E-state index is 0.851. The summed E-state index contributed by atoms with van der Waals surface area (Å²) in [5, 5.41) is 0.851. The van der Waals surface area contributed by atoms with Crippen LogP contribution in [-0.2, 0) is 12.8 Å². The lowest BCUT2D eigenvalue weighted by atomic mass is 10.1. The second-order valence-corrected chi connectivity index (χ2v) is 4.33. The Hall–Kier alpha value is -0.210. The Morgan fingerprint density at radius 2 is 2.00 bits per heavy atom. The van der Waals surface area contributed by atoms with Gasteiger partial charge in [0.05, 0.1) is 0 Å². The summed E-state index contributed by atoms with van der Waals surface area (Å²) < 4.78 is 0.924. The molecular weight excluding hydrogens is 237 g/mol. The van der Waals surface area contributed by atoms with Crippen LogP contribution in [0.4, 0.5) is 5.69 Å². The van der Waals surface area contributed by atoms with Gasteiger partial charge in [0.15, 0.2) is 0 Å². The van der Waals surface area contributed by atoms with Crippen LogP contribution in [0.1, 0.15) is 17.5 Å². The van der Waals surface area contributed by atoms with Crippen LogP contribution < -0.4 is 5.73 Å². The number of benzene rings is 1. The molecule has 3 heteroatoms. The number of hydrogen-bond donors (Lipinski definition) is 1. The van der Waals surface area contributed by atoms with Gasteiger partial charge in [-0.25, -0.2) is 0 Å². The molecule has 2 N–H and O–H groups in total. The highest BCUT2D eigenvalue weighted by Crippen LogP contribution is 2.37. The van der Waals surface area contributed by atoms with Crippen LogP contribution in [0.5, 0.6) is 0 Å². The number of rotatable bonds is 0. The van der Waals surface area contributed by atoms with Gasteiger partial charge in [-0.05, 0) is 52.4 Å². The van der Waals surface area contributed by atoms with E-state index in [2.05, 4.69) is 15.9 Å². The van der Waals surface area contributed by atoms with Crippen molar-refractivity contribution in [3.05, 3.63) is 26.7 Å². The van der Waals surface area contributed by atoms with E-state index in [1.165, 1.54) is 17.5 Å². The molecule has 0 spiro atoms. The topological polar surface area (TPSA) is 26.0 Å². The largest absolute Gasteiger partial charge is 0.398 e. The van der Waals surface area contributed by atoms with Crippen molar-refractivity contribution in [2.24, 2.45) is 0 Å². The second-order valence-electron chi connectivity index (χ2n) is 3.06. The fourth-order valence-electron chi connectivity index (χ4n) is 1.72. The highest BCUT2D eigenvalue weighted by atomic mass is 79.9. The Kier molecular flexibility index (Phi) is 2.05. The van der Waals surface area contributed by atoms with E-state index in [0.29, 0.717) is 0 Å². The van der Waals surface area contributed by atoms with E-state index in [1.807, 2.05) is 6.07 Å². The quantitative estimate of drug-likeness (QED) is 0.699. The van der Waals surface area contributed by atoms with Crippen LogP contribution in [0, 0.1) is 0 Å². The van der Waals surface area contributed by atoms with E-state index < -0.39 is 0 Å². The number of nitrogens with two attached hydrogens (primary N) is 1. The van der Waals surface area contributed by atoms with Crippen molar-refractivity contribution in [3.8, 4) is 0 Å². The van der Waals surface area contributed by atoms with Gasteiger partial charge in [-0.3, -0.25) is 0 Å². The number of hydrogen-bond acceptors (Lipinski definition) is 1. The zero-order chi connectivity index (χ0) is 8.72. The first-order chi connectivity index (χ1) is 5.70. The van der Waals surface area contributed by atoms with Gasteiger partial charge in [-0.1, -0.05) is 11.6 Å². The minimum atomic E-state index is 0.851. The first-order valence-corrected chi connectivity index (χ1v) is 5.12. The molecule has 0 saturated heterocycles. The lowest BCUT2D eigenvalue weighted by Crippen LogP contribution is -1.95. The fraction of sp³-hybridized carbons (Fsp3) is 0.333. The summed E-state index contributed by atoms with van der Waals surface area (Å²) in [5.41, 5.74) is 9.26. The van der Waals surface area contributed by atoms with Crippen molar-refractivity contribution in [1.82, 2.24) is 0 Å². The molecular formula is C9H9BrClN. The molecule has 0 amide bonds. The summed E-state index contributed by atoms with van der Waals surface area (Å²) in [6, 6.07) is 1.89. The normalized spacial score (nSPS) is 14.8. The SMILES string of the molecule is Nc1c(Br)cc(Cl)c2c1CCC2. The van der Waals surface area contributed by atoms with Crippen LogP contribution in [0.15, 0.2) is 10.5 Å². The van der Waals surface area contributed by atoms with Crippen molar-refractivity contribution in [3.63, 3.8) is 0 Å². The van der Waals surface area contributed by atoms with Gasteiger partial charge in [0.2, 0.25) is 0 Å². The van der Waals surface area contributed by atoms with E-state index in [9.17, 15) is 0 Å². The van der Waals surface area contributed by atoms with E-state index in [4.69, 9.17) is 17.3 Å². The van der Waals surface area contributed by atoms with Crippen LogP contribution in [0.3, 0.4) is 0 Å². The number of nitrogen functional groups attached to an aromatic ring is 1. The van der Waals surface area contributed by atoms with E-state index in [-0.39, 0.29) is 0 Å². The van der Waals surface area contributed by atoms with Gasteiger partial charge >= 0.3 is 0 Å². The average Bonchev–Trinajstić information content (AvgIpc) is 2.48. The molecule has 0 atom stereocenters. The predicted molar refractivity (Wildman–Crippen MR) is 55.6 cm³/mol. The van der Waals surface area contributed by atoms with Crippen molar-refractivity contribution >= 4 is 33.2 Å². The molecule has 0 bridgehead atoms. The van der Waals surface area contributed by atoms with Crippen molar-refractivity contribution in [1.29, 1.82) is 0 Å². The molecule has 2 rings (SSSR count). The maximum absolute atomic E-state index is 6.06. The minimum Gasteiger partial charge on any atom is -0.398 e. The molecule has 0 fully saturated rings. The predicted octanol–water partition coefficient (Wildman–Crippen LogP) is 3.17. The Labute approximate surface area is 85.0 Å². The summed E-state index contributed by atoms with van der Waals surface area (Å²) in [6.45, 7) is 0. The number of anilines is 1. The molecule has 1 aromatic rings. The highest BCUT2D eigenvalue weighted by molar-refractivity contribution is 9.10. The zero-order valence-corrected chi connectivity index (χ0v) is 8.87. The first-order valence-electron chi connectivity index (χ1n) is 3.95. The lowest BCUT2D eigenvalue weighted by Gasteiger charge is -2.07. The monoisotopic (exact) mass is 245 g/mol. The Morgan fingerprint density at radius 3 is 2.75 bits per heavy atom. The van der Waals surface area contributed by atoms with Gasteiger partial charge in [0, 0.05) is 15.2 Å². The van der Waals surface area contributed by atoms with Crippen molar-refractivity contribution in [2.75, 3.05) is 5.73 Å². The molecule has 0 heterocycles. The molecule has 0 aromatic heterocycles. The van der Waals surface area contributed by atoms with Crippen molar-refractivity contribution < 1.29 is 0 Å². The molecule has 0 aliphatic heterocycles. The molecule has 12 heavy (non-hydrogen) atoms. The molecule has 1 aliphatic rings. The van der Waals surface area contributed by atoms with Gasteiger partial charge in [0.1, 0.15) is 0 Å². The van der Waals surface area contributed by atoms with Crippen LogP contribution in [-0.4, -0.2) is 0 Å². The maximum atomic E-state index is 6.06. The summed E-state index contributed by atoms with van der Waals surface area (Å²) in [5.74, 6) is 0. The molecule has 1 aliphatic carbocycles.